The lowest BCUT2D eigenvalue weighted by Gasteiger charge is -2.36. The highest BCUT2D eigenvalue weighted by Crippen LogP contribution is 2.24. The second-order valence-electron chi connectivity index (χ2n) is 5.78. The number of amides is 1. The third-order valence-electron chi connectivity index (χ3n) is 4.00. The van der Waals surface area contributed by atoms with Crippen LogP contribution in [0.1, 0.15) is 25.5 Å². The van der Waals surface area contributed by atoms with E-state index in [0.717, 1.165) is 5.56 Å². The number of rotatable bonds is 4. The number of ether oxygens (including phenoxy) is 1. The number of nitrogens with zero attached hydrogens (tertiary/aromatic N) is 1. The number of hydrogen-bond donors (Lipinski definition) is 1. The summed E-state index contributed by atoms with van der Waals surface area (Å²) < 4.78 is 18.7. The maximum Gasteiger partial charge on any atom is 0.227 e. The van der Waals surface area contributed by atoms with Gasteiger partial charge in [0.2, 0.25) is 5.91 Å². The Kier molecular flexibility index (Phi) is 5.31. The van der Waals surface area contributed by atoms with Gasteiger partial charge >= 0.3 is 0 Å². The van der Waals surface area contributed by atoms with E-state index < -0.39 is 0 Å². The second-order valence-corrected chi connectivity index (χ2v) is 5.78. The molecule has 1 aliphatic heterocycles. The molecule has 1 aromatic carbocycles. The Labute approximate surface area is 125 Å². The lowest BCUT2D eigenvalue weighted by molar-refractivity contribution is -0.144. The summed E-state index contributed by atoms with van der Waals surface area (Å²) in [6.45, 7) is 5.94. The van der Waals surface area contributed by atoms with Gasteiger partial charge in [-0.2, -0.15) is 0 Å². The molecule has 2 N–H and O–H groups in total. The van der Waals surface area contributed by atoms with E-state index in [0.29, 0.717) is 26.2 Å². The largest absolute Gasteiger partial charge is 0.370 e. The molecule has 1 amide bonds. The minimum absolute atomic E-state index is 0.0860. The Morgan fingerprint density at radius 1 is 1.43 bits per heavy atom. The quantitative estimate of drug-likeness (QED) is 0.923. The monoisotopic (exact) mass is 294 g/mol. The maximum absolute atomic E-state index is 13.0. The molecular weight excluding hydrogens is 271 g/mol. The van der Waals surface area contributed by atoms with E-state index in [1.165, 1.54) is 12.1 Å². The zero-order valence-electron chi connectivity index (χ0n) is 12.6. The zero-order valence-corrected chi connectivity index (χ0v) is 12.6. The van der Waals surface area contributed by atoms with Crippen molar-refractivity contribution >= 4 is 5.91 Å². The Hall–Kier alpha value is -1.46. The average Bonchev–Trinajstić information content (AvgIpc) is 2.48. The van der Waals surface area contributed by atoms with Crippen LogP contribution < -0.4 is 5.73 Å². The van der Waals surface area contributed by atoms with E-state index in [4.69, 9.17) is 10.5 Å². The summed E-state index contributed by atoms with van der Waals surface area (Å²) in [5.41, 5.74) is 6.61. The maximum atomic E-state index is 13.0. The highest BCUT2D eigenvalue weighted by molar-refractivity contribution is 5.79. The average molecular weight is 294 g/mol. The Balaban J connectivity index is 2.06. The molecule has 0 spiro atoms. The topological polar surface area (TPSA) is 55.6 Å². The summed E-state index contributed by atoms with van der Waals surface area (Å²) >= 11 is 0. The molecule has 2 unspecified atom stereocenters. The van der Waals surface area contributed by atoms with Crippen LogP contribution in [0.25, 0.3) is 0 Å². The molecule has 4 nitrogen and oxygen atoms in total. The van der Waals surface area contributed by atoms with Crippen LogP contribution >= 0.6 is 0 Å². The molecule has 1 saturated heterocycles. The first-order chi connectivity index (χ1) is 10.0. The summed E-state index contributed by atoms with van der Waals surface area (Å²) in [5.74, 6) is -0.125. The molecule has 1 aliphatic rings. The van der Waals surface area contributed by atoms with Crippen molar-refractivity contribution in [1.29, 1.82) is 0 Å². The predicted octanol–water partition coefficient (Wildman–Crippen LogP) is 1.96. The molecule has 2 rings (SSSR count). The summed E-state index contributed by atoms with van der Waals surface area (Å²) in [6, 6.07) is 6.24. The Bertz CT molecular complexity index is 476. The number of halogens is 1. The van der Waals surface area contributed by atoms with Gasteiger partial charge in [0.25, 0.3) is 0 Å². The number of morpholine rings is 1. The Morgan fingerprint density at radius 3 is 2.67 bits per heavy atom. The van der Waals surface area contributed by atoms with Gasteiger partial charge in [0.1, 0.15) is 11.9 Å². The van der Waals surface area contributed by atoms with E-state index in [2.05, 4.69) is 0 Å². The van der Waals surface area contributed by atoms with Gasteiger partial charge in [0.05, 0.1) is 19.1 Å². The molecule has 21 heavy (non-hydrogen) atoms. The highest BCUT2D eigenvalue weighted by Gasteiger charge is 2.30. The van der Waals surface area contributed by atoms with Gasteiger partial charge in [-0.25, -0.2) is 4.39 Å². The molecule has 0 aliphatic carbocycles. The lowest BCUT2D eigenvalue weighted by Crippen LogP contribution is -2.47. The standard InChI is InChI=1S/C16H23FN2O2/c1-11(2)14(9-18)16(20)19-7-8-21-15(10-19)12-3-5-13(17)6-4-12/h3-6,11,14-15H,7-10,18H2,1-2H3. The van der Waals surface area contributed by atoms with Gasteiger partial charge < -0.3 is 15.4 Å². The minimum atomic E-state index is -0.273. The summed E-state index contributed by atoms with van der Waals surface area (Å²) in [6.07, 6.45) is -0.200. The number of carbonyl (C=O) groups is 1. The van der Waals surface area contributed by atoms with Gasteiger partial charge in [-0.05, 0) is 23.6 Å². The third kappa shape index (κ3) is 3.80. The first-order valence-corrected chi connectivity index (χ1v) is 7.39. The van der Waals surface area contributed by atoms with E-state index >= 15 is 0 Å². The fraction of sp³-hybridized carbons (Fsp3) is 0.562. The number of nitrogens with two attached hydrogens (primary N) is 1. The van der Waals surface area contributed by atoms with Crippen LogP contribution in [0.5, 0.6) is 0 Å². The van der Waals surface area contributed by atoms with Crippen molar-refractivity contribution in [2.24, 2.45) is 17.6 Å². The van der Waals surface area contributed by atoms with Crippen molar-refractivity contribution in [1.82, 2.24) is 4.90 Å². The van der Waals surface area contributed by atoms with Crippen LogP contribution in [0.15, 0.2) is 24.3 Å². The minimum Gasteiger partial charge on any atom is -0.370 e. The fourth-order valence-electron chi connectivity index (χ4n) is 2.62. The van der Waals surface area contributed by atoms with Crippen molar-refractivity contribution in [2.75, 3.05) is 26.2 Å². The molecular formula is C16H23FN2O2. The van der Waals surface area contributed by atoms with Crippen molar-refractivity contribution in [3.05, 3.63) is 35.6 Å². The Morgan fingerprint density at radius 2 is 2.10 bits per heavy atom. The normalized spacial score (nSPS) is 20.6. The first-order valence-electron chi connectivity index (χ1n) is 7.39. The number of hydrogen-bond acceptors (Lipinski definition) is 3. The molecule has 0 saturated carbocycles. The van der Waals surface area contributed by atoms with Crippen molar-refractivity contribution in [3.63, 3.8) is 0 Å². The van der Waals surface area contributed by atoms with Crippen LogP contribution in [0.2, 0.25) is 0 Å². The first kappa shape index (κ1) is 15.9. The molecule has 0 radical (unpaired) electrons. The van der Waals surface area contributed by atoms with Crippen LogP contribution in [-0.4, -0.2) is 37.0 Å². The molecule has 1 heterocycles. The van der Waals surface area contributed by atoms with Crippen molar-refractivity contribution in [2.45, 2.75) is 20.0 Å². The van der Waals surface area contributed by atoms with Gasteiger partial charge in [-0.3, -0.25) is 4.79 Å². The molecule has 116 valence electrons. The molecule has 0 aromatic heterocycles. The highest BCUT2D eigenvalue weighted by atomic mass is 19.1. The summed E-state index contributed by atoms with van der Waals surface area (Å²) in [5, 5.41) is 0. The van der Waals surface area contributed by atoms with Crippen LogP contribution in [-0.2, 0) is 9.53 Å². The van der Waals surface area contributed by atoms with E-state index in [-0.39, 0.29) is 29.7 Å². The van der Waals surface area contributed by atoms with E-state index in [9.17, 15) is 9.18 Å². The molecule has 1 aromatic rings. The van der Waals surface area contributed by atoms with E-state index in [1.807, 2.05) is 18.7 Å². The van der Waals surface area contributed by atoms with Crippen LogP contribution in [0.3, 0.4) is 0 Å². The fourth-order valence-corrected chi connectivity index (χ4v) is 2.62. The van der Waals surface area contributed by atoms with Gasteiger partial charge in [-0.15, -0.1) is 0 Å². The second kappa shape index (κ2) is 7.00. The van der Waals surface area contributed by atoms with Gasteiger partial charge in [0, 0.05) is 13.1 Å². The summed E-state index contributed by atoms with van der Waals surface area (Å²) in [7, 11) is 0. The SMILES string of the molecule is CC(C)C(CN)C(=O)N1CCOC(c2ccc(F)cc2)C1. The van der Waals surface area contributed by atoms with Crippen molar-refractivity contribution < 1.29 is 13.9 Å². The molecule has 5 heteroatoms. The van der Waals surface area contributed by atoms with Crippen LogP contribution in [0.4, 0.5) is 4.39 Å². The number of benzene rings is 1. The number of carbonyl (C=O) groups excluding carboxylic acids is 1. The van der Waals surface area contributed by atoms with E-state index in [1.54, 1.807) is 12.1 Å². The lowest BCUT2D eigenvalue weighted by atomic mass is 9.94. The smallest absolute Gasteiger partial charge is 0.227 e. The predicted molar refractivity (Wildman–Crippen MR) is 79.1 cm³/mol. The van der Waals surface area contributed by atoms with Crippen molar-refractivity contribution in [3.8, 4) is 0 Å². The van der Waals surface area contributed by atoms with Gasteiger partial charge in [-0.1, -0.05) is 26.0 Å². The summed E-state index contributed by atoms with van der Waals surface area (Å²) in [4.78, 5) is 14.3. The molecule has 2 atom stereocenters. The van der Waals surface area contributed by atoms with Gasteiger partial charge in [0.15, 0.2) is 0 Å². The molecule has 1 fully saturated rings. The van der Waals surface area contributed by atoms with Crippen LogP contribution in [0, 0.1) is 17.7 Å². The third-order valence-corrected chi connectivity index (χ3v) is 4.00. The zero-order chi connectivity index (χ0) is 15.4. The molecule has 0 bridgehead atoms.